The van der Waals surface area contributed by atoms with Crippen molar-refractivity contribution in [2.24, 2.45) is 0 Å². The molecule has 4 heteroatoms. The number of nitro groups is 1. The van der Waals surface area contributed by atoms with Crippen molar-refractivity contribution >= 4 is 16.6 Å². The van der Waals surface area contributed by atoms with Gasteiger partial charge in [0.05, 0.1) is 22.0 Å². The van der Waals surface area contributed by atoms with Crippen LogP contribution in [0, 0.1) is 10.1 Å². The summed E-state index contributed by atoms with van der Waals surface area (Å²) in [5.41, 5.74) is 2.92. The number of benzene rings is 2. The van der Waals surface area contributed by atoms with Crippen LogP contribution in [0.2, 0.25) is 0 Å². The third-order valence-electron chi connectivity index (χ3n) is 2.96. The Labute approximate surface area is 103 Å². The van der Waals surface area contributed by atoms with E-state index in [1.165, 1.54) is 6.20 Å². The summed E-state index contributed by atoms with van der Waals surface area (Å²) in [4.78, 5) is 13.4. The normalized spacial score (nSPS) is 10.7. The molecule has 18 heavy (non-hydrogen) atoms. The quantitative estimate of drug-likeness (QED) is 0.546. The summed E-state index contributed by atoms with van der Waals surface area (Å²) in [6.07, 6.45) is 1.43. The number of aromatic nitrogens is 1. The van der Waals surface area contributed by atoms with Gasteiger partial charge in [-0.05, 0) is 23.3 Å². The minimum Gasteiger partial charge on any atom is -0.355 e. The van der Waals surface area contributed by atoms with Crippen LogP contribution in [0.1, 0.15) is 0 Å². The van der Waals surface area contributed by atoms with Crippen LogP contribution in [0.15, 0.2) is 54.7 Å². The lowest BCUT2D eigenvalue weighted by Gasteiger charge is -2.01. The second-order valence-corrected chi connectivity index (χ2v) is 4.06. The Balaban J connectivity index is 2.21. The zero-order valence-corrected chi connectivity index (χ0v) is 9.46. The molecule has 0 aliphatic heterocycles. The predicted octanol–water partition coefficient (Wildman–Crippen LogP) is 3.74. The van der Waals surface area contributed by atoms with E-state index >= 15 is 0 Å². The summed E-state index contributed by atoms with van der Waals surface area (Å²) in [7, 11) is 0. The van der Waals surface area contributed by atoms with Gasteiger partial charge in [-0.3, -0.25) is 10.1 Å². The topological polar surface area (TPSA) is 58.9 Å². The molecule has 0 atom stereocenters. The largest absolute Gasteiger partial charge is 0.355 e. The van der Waals surface area contributed by atoms with Crippen LogP contribution in [-0.4, -0.2) is 9.91 Å². The second kappa shape index (κ2) is 4.00. The molecule has 2 aromatic carbocycles. The first-order chi connectivity index (χ1) is 8.75. The lowest BCUT2D eigenvalue weighted by molar-refractivity contribution is -0.383. The maximum Gasteiger partial charge on any atom is 0.294 e. The smallest absolute Gasteiger partial charge is 0.294 e. The van der Waals surface area contributed by atoms with Crippen LogP contribution in [0.4, 0.5) is 5.69 Å². The minimum absolute atomic E-state index is 0.114. The van der Waals surface area contributed by atoms with Crippen molar-refractivity contribution in [2.75, 3.05) is 0 Å². The van der Waals surface area contributed by atoms with Gasteiger partial charge in [-0.15, -0.1) is 0 Å². The Morgan fingerprint density at radius 3 is 2.50 bits per heavy atom. The molecule has 0 aliphatic rings. The molecule has 1 N–H and O–H groups in total. The SMILES string of the molecule is O=[N+]([O-])c1c[nH]c2ccc(-c3ccccc3)cc12. The van der Waals surface area contributed by atoms with Gasteiger partial charge in [0.15, 0.2) is 0 Å². The lowest BCUT2D eigenvalue weighted by Crippen LogP contribution is -1.85. The molecule has 0 radical (unpaired) electrons. The van der Waals surface area contributed by atoms with Crippen LogP contribution < -0.4 is 0 Å². The molecular formula is C14H10N2O2. The molecule has 1 heterocycles. The van der Waals surface area contributed by atoms with Gasteiger partial charge < -0.3 is 4.98 Å². The molecule has 0 saturated carbocycles. The van der Waals surface area contributed by atoms with Crippen LogP contribution in [0.25, 0.3) is 22.0 Å². The fraction of sp³-hybridized carbons (Fsp3) is 0. The molecule has 0 spiro atoms. The third-order valence-corrected chi connectivity index (χ3v) is 2.96. The van der Waals surface area contributed by atoms with E-state index in [2.05, 4.69) is 4.98 Å². The highest BCUT2D eigenvalue weighted by Gasteiger charge is 2.14. The van der Waals surface area contributed by atoms with E-state index in [0.29, 0.717) is 5.39 Å². The van der Waals surface area contributed by atoms with Crippen molar-refractivity contribution in [3.05, 3.63) is 64.8 Å². The Morgan fingerprint density at radius 2 is 1.78 bits per heavy atom. The van der Waals surface area contributed by atoms with Crippen LogP contribution in [0.5, 0.6) is 0 Å². The van der Waals surface area contributed by atoms with Crippen molar-refractivity contribution in [1.82, 2.24) is 4.98 Å². The number of nitrogens with one attached hydrogen (secondary N) is 1. The number of rotatable bonds is 2. The van der Waals surface area contributed by atoms with E-state index in [9.17, 15) is 10.1 Å². The lowest BCUT2D eigenvalue weighted by atomic mass is 10.0. The number of fused-ring (bicyclic) bond motifs is 1. The number of H-pyrrole nitrogens is 1. The molecule has 4 nitrogen and oxygen atoms in total. The van der Waals surface area contributed by atoms with Gasteiger partial charge in [0.2, 0.25) is 0 Å². The van der Waals surface area contributed by atoms with Gasteiger partial charge >= 0.3 is 0 Å². The summed E-state index contributed by atoms with van der Waals surface area (Å²) in [6.45, 7) is 0. The minimum atomic E-state index is -0.367. The molecule has 88 valence electrons. The van der Waals surface area contributed by atoms with Crippen molar-refractivity contribution in [1.29, 1.82) is 0 Å². The summed E-state index contributed by atoms with van der Waals surface area (Å²) in [5.74, 6) is 0. The van der Waals surface area contributed by atoms with E-state index in [0.717, 1.165) is 16.6 Å². The molecule has 1 aromatic heterocycles. The Kier molecular flexibility index (Phi) is 2.34. The number of hydrogen-bond donors (Lipinski definition) is 1. The van der Waals surface area contributed by atoms with Gasteiger partial charge in [-0.2, -0.15) is 0 Å². The van der Waals surface area contributed by atoms with Crippen molar-refractivity contribution in [2.45, 2.75) is 0 Å². The molecular weight excluding hydrogens is 228 g/mol. The van der Waals surface area contributed by atoms with Gasteiger partial charge in [0.25, 0.3) is 5.69 Å². The molecule has 0 aliphatic carbocycles. The summed E-state index contributed by atoms with van der Waals surface area (Å²) >= 11 is 0. The first kappa shape index (κ1) is 10.5. The Bertz CT molecular complexity index is 717. The molecule has 0 fully saturated rings. The highest BCUT2D eigenvalue weighted by Crippen LogP contribution is 2.29. The van der Waals surface area contributed by atoms with Crippen LogP contribution in [-0.2, 0) is 0 Å². The maximum atomic E-state index is 10.9. The molecule has 0 unspecified atom stereocenters. The molecule has 0 saturated heterocycles. The molecule has 0 bridgehead atoms. The van der Waals surface area contributed by atoms with Crippen molar-refractivity contribution < 1.29 is 4.92 Å². The fourth-order valence-electron chi connectivity index (χ4n) is 2.07. The third kappa shape index (κ3) is 1.64. The van der Waals surface area contributed by atoms with Gasteiger partial charge in [-0.25, -0.2) is 0 Å². The number of hydrogen-bond acceptors (Lipinski definition) is 2. The summed E-state index contributed by atoms with van der Waals surface area (Å²) in [5, 5.41) is 11.5. The standard InChI is InChI=1S/C14H10N2O2/c17-16(18)14-9-15-13-7-6-11(8-12(13)14)10-4-2-1-3-5-10/h1-9,15H. The number of aromatic amines is 1. The summed E-state index contributed by atoms with van der Waals surface area (Å²) in [6, 6.07) is 15.5. The predicted molar refractivity (Wildman–Crippen MR) is 70.4 cm³/mol. The Hall–Kier alpha value is -2.62. The average molecular weight is 238 g/mol. The van der Waals surface area contributed by atoms with E-state index in [-0.39, 0.29) is 10.6 Å². The van der Waals surface area contributed by atoms with E-state index in [1.807, 2.05) is 48.5 Å². The van der Waals surface area contributed by atoms with Gasteiger partial charge in [-0.1, -0.05) is 36.4 Å². The molecule has 3 aromatic rings. The zero-order valence-electron chi connectivity index (χ0n) is 9.46. The van der Waals surface area contributed by atoms with Crippen LogP contribution in [0.3, 0.4) is 0 Å². The summed E-state index contributed by atoms with van der Waals surface area (Å²) < 4.78 is 0. The maximum absolute atomic E-state index is 10.9. The monoisotopic (exact) mass is 238 g/mol. The highest BCUT2D eigenvalue weighted by atomic mass is 16.6. The highest BCUT2D eigenvalue weighted by molar-refractivity contribution is 5.92. The fourth-order valence-corrected chi connectivity index (χ4v) is 2.07. The Morgan fingerprint density at radius 1 is 1.00 bits per heavy atom. The zero-order chi connectivity index (χ0) is 12.5. The first-order valence-corrected chi connectivity index (χ1v) is 5.56. The van der Waals surface area contributed by atoms with E-state index < -0.39 is 0 Å². The van der Waals surface area contributed by atoms with E-state index in [4.69, 9.17) is 0 Å². The average Bonchev–Trinajstić information content (AvgIpc) is 2.82. The van der Waals surface area contributed by atoms with E-state index in [1.54, 1.807) is 0 Å². The number of nitrogens with zero attached hydrogens (tertiary/aromatic N) is 1. The second-order valence-electron chi connectivity index (χ2n) is 4.06. The van der Waals surface area contributed by atoms with Crippen LogP contribution >= 0.6 is 0 Å². The van der Waals surface area contributed by atoms with Crippen molar-refractivity contribution in [3.8, 4) is 11.1 Å². The molecule has 0 amide bonds. The first-order valence-electron chi connectivity index (χ1n) is 5.56. The van der Waals surface area contributed by atoms with Crippen molar-refractivity contribution in [3.63, 3.8) is 0 Å². The van der Waals surface area contributed by atoms with Gasteiger partial charge in [0, 0.05) is 0 Å². The molecule has 3 rings (SSSR count). The van der Waals surface area contributed by atoms with Gasteiger partial charge in [0.1, 0.15) is 0 Å².